The summed E-state index contributed by atoms with van der Waals surface area (Å²) < 4.78 is 0. The highest BCUT2D eigenvalue weighted by molar-refractivity contribution is 5.92. The Morgan fingerprint density at radius 2 is 2.05 bits per heavy atom. The van der Waals surface area contributed by atoms with E-state index < -0.39 is 0 Å². The first-order valence-electron chi connectivity index (χ1n) is 7.50. The van der Waals surface area contributed by atoms with Crippen LogP contribution in [0.25, 0.3) is 10.8 Å². The molecule has 2 aliphatic heterocycles. The van der Waals surface area contributed by atoms with Crippen molar-refractivity contribution in [1.82, 2.24) is 10.3 Å². The van der Waals surface area contributed by atoms with Crippen molar-refractivity contribution in [2.45, 2.75) is 19.4 Å². The lowest BCUT2D eigenvalue weighted by atomic mass is 9.85. The average Bonchev–Trinajstić information content (AvgIpc) is 3.01. The fourth-order valence-corrected chi connectivity index (χ4v) is 4.10. The molecule has 1 aromatic heterocycles. The molecule has 0 aliphatic carbocycles. The summed E-state index contributed by atoms with van der Waals surface area (Å²) in [6, 6.07) is 10.7. The first-order chi connectivity index (χ1) is 9.68. The monoisotopic (exact) mass is 267 g/mol. The Morgan fingerprint density at radius 3 is 2.90 bits per heavy atom. The molecule has 2 saturated heterocycles. The van der Waals surface area contributed by atoms with E-state index in [2.05, 4.69) is 54.4 Å². The maximum Gasteiger partial charge on any atom is 0.136 e. The molecule has 2 aromatic rings. The van der Waals surface area contributed by atoms with Crippen molar-refractivity contribution in [2.24, 2.45) is 11.8 Å². The molecule has 0 bridgehead atoms. The second-order valence-corrected chi connectivity index (χ2v) is 6.64. The van der Waals surface area contributed by atoms with Crippen molar-refractivity contribution in [3.63, 3.8) is 0 Å². The molecule has 2 atom stereocenters. The van der Waals surface area contributed by atoms with Crippen molar-refractivity contribution >= 4 is 16.6 Å². The third-order valence-electron chi connectivity index (χ3n) is 5.27. The van der Waals surface area contributed by atoms with Crippen LogP contribution in [0.3, 0.4) is 0 Å². The van der Waals surface area contributed by atoms with Crippen LogP contribution in [0, 0.1) is 11.8 Å². The lowest BCUT2D eigenvalue weighted by Gasteiger charge is -2.37. The molecule has 0 radical (unpaired) electrons. The highest BCUT2D eigenvalue weighted by Gasteiger charge is 2.50. The zero-order chi connectivity index (χ0) is 13.7. The first kappa shape index (κ1) is 12.2. The Morgan fingerprint density at radius 1 is 1.20 bits per heavy atom. The number of hydrogen-bond donors (Lipinski definition) is 1. The maximum absolute atomic E-state index is 4.72. The lowest BCUT2D eigenvalue weighted by molar-refractivity contribution is 0.356. The van der Waals surface area contributed by atoms with E-state index in [1.807, 2.05) is 6.20 Å². The van der Waals surface area contributed by atoms with Gasteiger partial charge in [-0.2, -0.15) is 0 Å². The van der Waals surface area contributed by atoms with E-state index in [0.717, 1.165) is 37.3 Å². The van der Waals surface area contributed by atoms with Gasteiger partial charge in [0.15, 0.2) is 0 Å². The van der Waals surface area contributed by atoms with Gasteiger partial charge in [-0.15, -0.1) is 0 Å². The summed E-state index contributed by atoms with van der Waals surface area (Å²) in [6.07, 6.45) is 1.94. The Kier molecular flexibility index (Phi) is 2.55. The minimum absolute atomic E-state index is 0.172. The minimum atomic E-state index is 0.172. The molecule has 2 fully saturated rings. The number of hydrogen-bond acceptors (Lipinski definition) is 3. The molecular weight excluding hydrogens is 246 g/mol. The Labute approximate surface area is 120 Å². The number of pyridine rings is 1. The van der Waals surface area contributed by atoms with Crippen LogP contribution in [-0.4, -0.2) is 30.2 Å². The van der Waals surface area contributed by atoms with Gasteiger partial charge in [0, 0.05) is 36.8 Å². The summed E-state index contributed by atoms with van der Waals surface area (Å²) in [6.45, 7) is 8.14. The largest absolute Gasteiger partial charge is 0.350 e. The van der Waals surface area contributed by atoms with Crippen LogP contribution < -0.4 is 10.2 Å². The van der Waals surface area contributed by atoms with Gasteiger partial charge in [0.05, 0.1) is 0 Å². The Hall–Kier alpha value is -1.61. The zero-order valence-corrected chi connectivity index (χ0v) is 12.1. The predicted molar refractivity (Wildman–Crippen MR) is 83.0 cm³/mol. The number of nitrogens with zero attached hydrogens (tertiary/aromatic N) is 2. The van der Waals surface area contributed by atoms with E-state index in [-0.39, 0.29) is 5.54 Å². The van der Waals surface area contributed by atoms with Crippen LogP contribution in [0.5, 0.6) is 0 Å². The SMILES string of the molecule is CC1(C)C2CNCC2CN1c1nccc2ccccc12. The van der Waals surface area contributed by atoms with Gasteiger partial charge in [-0.25, -0.2) is 4.98 Å². The average molecular weight is 267 g/mol. The van der Waals surface area contributed by atoms with Gasteiger partial charge in [-0.3, -0.25) is 0 Å². The van der Waals surface area contributed by atoms with Crippen LogP contribution in [0.15, 0.2) is 36.5 Å². The van der Waals surface area contributed by atoms with Gasteiger partial charge < -0.3 is 10.2 Å². The van der Waals surface area contributed by atoms with E-state index >= 15 is 0 Å². The number of benzene rings is 1. The summed E-state index contributed by atoms with van der Waals surface area (Å²) in [5.74, 6) is 2.64. The van der Waals surface area contributed by atoms with Gasteiger partial charge in [-0.1, -0.05) is 24.3 Å². The zero-order valence-electron chi connectivity index (χ0n) is 12.1. The summed E-state index contributed by atoms with van der Waals surface area (Å²) >= 11 is 0. The highest BCUT2D eigenvalue weighted by atomic mass is 15.3. The van der Waals surface area contributed by atoms with E-state index in [4.69, 9.17) is 4.98 Å². The van der Waals surface area contributed by atoms with Gasteiger partial charge in [0.2, 0.25) is 0 Å². The molecule has 2 aliphatic rings. The molecule has 4 rings (SSSR count). The van der Waals surface area contributed by atoms with Crippen LogP contribution >= 0.6 is 0 Å². The van der Waals surface area contributed by atoms with E-state index in [9.17, 15) is 0 Å². The first-order valence-corrected chi connectivity index (χ1v) is 7.50. The molecule has 0 spiro atoms. The van der Waals surface area contributed by atoms with Crippen LogP contribution in [0.2, 0.25) is 0 Å². The van der Waals surface area contributed by atoms with Gasteiger partial charge in [-0.05, 0) is 37.1 Å². The summed E-state index contributed by atoms with van der Waals surface area (Å²) in [4.78, 5) is 7.25. The number of fused-ring (bicyclic) bond motifs is 2. The number of aromatic nitrogens is 1. The number of anilines is 1. The molecule has 104 valence electrons. The minimum Gasteiger partial charge on any atom is -0.350 e. The normalized spacial score (nSPS) is 28.0. The maximum atomic E-state index is 4.72. The molecule has 1 aromatic carbocycles. The molecule has 0 amide bonds. The quantitative estimate of drug-likeness (QED) is 0.861. The fraction of sp³-hybridized carbons (Fsp3) is 0.471. The van der Waals surface area contributed by atoms with E-state index in [0.29, 0.717) is 0 Å². The molecule has 2 unspecified atom stereocenters. The Balaban J connectivity index is 1.84. The summed E-state index contributed by atoms with van der Waals surface area (Å²) in [7, 11) is 0. The van der Waals surface area contributed by atoms with E-state index in [1.54, 1.807) is 0 Å². The third kappa shape index (κ3) is 1.59. The summed E-state index contributed by atoms with van der Waals surface area (Å²) in [5, 5.41) is 6.10. The molecule has 1 N–H and O–H groups in total. The topological polar surface area (TPSA) is 28.2 Å². The molecule has 3 nitrogen and oxygen atoms in total. The van der Waals surface area contributed by atoms with Crippen molar-refractivity contribution in [3.8, 4) is 0 Å². The lowest BCUT2D eigenvalue weighted by Crippen LogP contribution is -2.45. The molecule has 3 heterocycles. The van der Waals surface area contributed by atoms with Crippen molar-refractivity contribution in [2.75, 3.05) is 24.5 Å². The summed E-state index contributed by atoms with van der Waals surface area (Å²) in [5.41, 5.74) is 0.172. The van der Waals surface area contributed by atoms with Gasteiger partial charge in [0.1, 0.15) is 5.82 Å². The molecule has 0 saturated carbocycles. The van der Waals surface area contributed by atoms with Crippen LogP contribution in [0.1, 0.15) is 13.8 Å². The second-order valence-electron chi connectivity index (χ2n) is 6.64. The van der Waals surface area contributed by atoms with Gasteiger partial charge in [0.25, 0.3) is 0 Å². The molecule has 20 heavy (non-hydrogen) atoms. The van der Waals surface area contributed by atoms with Crippen molar-refractivity contribution < 1.29 is 0 Å². The van der Waals surface area contributed by atoms with Crippen LogP contribution in [0.4, 0.5) is 5.82 Å². The molecular formula is C17H21N3. The van der Waals surface area contributed by atoms with Crippen molar-refractivity contribution in [1.29, 1.82) is 0 Å². The van der Waals surface area contributed by atoms with Crippen LogP contribution in [-0.2, 0) is 0 Å². The number of rotatable bonds is 1. The highest BCUT2D eigenvalue weighted by Crippen LogP contribution is 2.44. The predicted octanol–water partition coefficient (Wildman–Crippen LogP) is 2.67. The third-order valence-corrected chi connectivity index (χ3v) is 5.27. The molecule has 3 heteroatoms. The van der Waals surface area contributed by atoms with Crippen molar-refractivity contribution in [3.05, 3.63) is 36.5 Å². The Bertz CT molecular complexity index is 644. The smallest absolute Gasteiger partial charge is 0.136 e. The van der Waals surface area contributed by atoms with E-state index in [1.165, 1.54) is 10.8 Å². The number of nitrogens with one attached hydrogen (secondary N) is 1. The fourth-order valence-electron chi connectivity index (χ4n) is 4.10. The standard InChI is InChI=1S/C17H21N3/c1-17(2)15-10-18-9-13(15)11-20(17)16-14-6-4-3-5-12(14)7-8-19-16/h3-8,13,15,18H,9-11H2,1-2H3. The second kappa shape index (κ2) is 4.19. The van der Waals surface area contributed by atoms with Gasteiger partial charge >= 0.3 is 0 Å².